The van der Waals surface area contributed by atoms with Crippen LogP contribution < -0.4 is 0 Å². The topological polar surface area (TPSA) is 30.2 Å². The lowest BCUT2D eigenvalue weighted by molar-refractivity contribution is -0.137. The third kappa shape index (κ3) is 2.56. The van der Waals surface area contributed by atoms with Gasteiger partial charge in [0.1, 0.15) is 5.51 Å². The lowest BCUT2D eigenvalue weighted by atomic mass is 9.98. The van der Waals surface area contributed by atoms with Crippen LogP contribution in [0.3, 0.4) is 0 Å². The number of rotatable bonds is 2. The lowest BCUT2D eigenvalue weighted by Gasteiger charge is -2.13. The number of nitrogens with zero attached hydrogens (tertiary/aromatic N) is 3. The van der Waals surface area contributed by atoms with Gasteiger partial charge >= 0.3 is 6.18 Å². The molecule has 2 aromatic heterocycles. The summed E-state index contributed by atoms with van der Waals surface area (Å²) in [6.45, 7) is 0. The van der Waals surface area contributed by atoms with Crippen molar-refractivity contribution >= 4 is 16.3 Å². The van der Waals surface area contributed by atoms with E-state index < -0.39 is 11.7 Å². The van der Waals surface area contributed by atoms with Crippen molar-refractivity contribution in [3.63, 3.8) is 0 Å². The van der Waals surface area contributed by atoms with Gasteiger partial charge in [-0.25, -0.2) is 9.50 Å². The van der Waals surface area contributed by atoms with Crippen LogP contribution in [-0.4, -0.2) is 14.6 Å². The monoisotopic (exact) mass is 345 g/mol. The first-order chi connectivity index (χ1) is 11.5. The Hall–Kier alpha value is -2.67. The highest BCUT2D eigenvalue weighted by Crippen LogP contribution is 2.37. The molecule has 2 heterocycles. The number of hydrogen-bond donors (Lipinski definition) is 0. The molecule has 24 heavy (non-hydrogen) atoms. The SMILES string of the molecule is FC(F)(F)c1ccccc1-c1ccc(-c2cn3ncsc3n2)cc1. The second-order valence-corrected chi connectivity index (χ2v) is 6.02. The molecular weight excluding hydrogens is 335 g/mol. The smallest absolute Gasteiger partial charge is 0.217 e. The third-order valence-electron chi connectivity index (χ3n) is 3.71. The molecule has 2 aromatic carbocycles. The molecule has 120 valence electrons. The van der Waals surface area contributed by atoms with E-state index in [1.54, 1.807) is 46.6 Å². The fraction of sp³-hybridized carbons (Fsp3) is 0.0588. The van der Waals surface area contributed by atoms with Crippen LogP contribution in [0.15, 0.2) is 60.2 Å². The Morgan fingerprint density at radius 3 is 2.33 bits per heavy atom. The number of benzene rings is 2. The van der Waals surface area contributed by atoms with Crippen LogP contribution in [0.5, 0.6) is 0 Å². The van der Waals surface area contributed by atoms with E-state index in [0.29, 0.717) is 5.56 Å². The van der Waals surface area contributed by atoms with E-state index in [2.05, 4.69) is 10.1 Å². The van der Waals surface area contributed by atoms with Gasteiger partial charge < -0.3 is 0 Å². The first kappa shape index (κ1) is 14.9. The average Bonchev–Trinajstić information content (AvgIpc) is 3.16. The summed E-state index contributed by atoms with van der Waals surface area (Å²) in [5.41, 5.74) is 3.33. The maximum atomic E-state index is 13.1. The summed E-state index contributed by atoms with van der Waals surface area (Å²) < 4.78 is 41.1. The van der Waals surface area contributed by atoms with Gasteiger partial charge in [0.2, 0.25) is 4.96 Å². The Bertz CT molecular complexity index is 971. The van der Waals surface area contributed by atoms with Crippen LogP contribution >= 0.6 is 11.3 Å². The minimum Gasteiger partial charge on any atom is -0.217 e. The number of alkyl halides is 3. The number of fused-ring (bicyclic) bond motifs is 1. The molecular formula is C17H10F3N3S. The first-order valence-electron chi connectivity index (χ1n) is 7.08. The Morgan fingerprint density at radius 1 is 0.917 bits per heavy atom. The molecule has 0 aliphatic rings. The summed E-state index contributed by atoms with van der Waals surface area (Å²) in [6, 6.07) is 12.5. The van der Waals surface area contributed by atoms with Crippen LogP contribution in [0.4, 0.5) is 13.2 Å². The normalized spacial score (nSPS) is 12.0. The van der Waals surface area contributed by atoms with Crippen molar-refractivity contribution in [1.82, 2.24) is 14.6 Å². The van der Waals surface area contributed by atoms with Gasteiger partial charge in [0.05, 0.1) is 17.5 Å². The molecule has 7 heteroatoms. The third-order valence-corrected chi connectivity index (χ3v) is 4.40. The molecule has 3 nitrogen and oxygen atoms in total. The fourth-order valence-corrected chi connectivity index (χ4v) is 3.18. The molecule has 0 unspecified atom stereocenters. The highest BCUT2D eigenvalue weighted by molar-refractivity contribution is 7.14. The summed E-state index contributed by atoms with van der Waals surface area (Å²) in [5, 5.41) is 4.12. The van der Waals surface area contributed by atoms with Crippen LogP contribution in [0.2, 0.25) is 0 Å². The maximum absolute atomic E-state index is 13.1. The van der Waals surface area contributed by atoms with Crippen LogP contribution in [-0.2, 0) is 6.18 Å². The van der Waals surface area contributed by atoms with Gasteiger partial charge in [0.15, 0.2) is 0 Å². The van der Waals surface area contributed by atoms with E-state index in [4.69, 9.17) is 0 Å². The molecule has 0 radical (unpaired) electrons. The fourth-order valence-electron chi connectivity index (χ4n) is 2.58. The van der Waals surface area contributed by atoms with Gasteiger partial charge in [-0.2, -0.15) is 18.3 Å². The molecule has 0 saturated carbocycles. The molecule has 0 saturated heterocycles. The van der Waals surface area contributed by atoms with Crippen molar-refractivity contribution < 1.29 is 13.2 Å². The highest BCUT2D eigenvalue weighted by Gasteiger charge is 2.33. The van der Waals surface area contributed by atoms with E-state index in [1.165, 1.54) is 23.5 Å². The van der Waals surface area contributed by atoms with Crippen LogP contribution in [0, 0.1) is 0 Å². The number of halogens is 3. The lowest BCUT2D eigenvalue weighted by Crippen LogP contribution is -2.06. The zero-order chi connectivity index (χ0) is 16.7. The minimum absolute atomic E-state index is 0.170. The van der Waals surface area contributed by atoms with Gasteiger partial charge in [-0.15, -0.1) is 0 Å². The summed E-state index contributed by atoms with van der Waals surface area (Å²) in [7, 11) is 0. The Labute approximate surface area is 139 Å². The summed E-state index contributed by atoms with van der Waals surface area (Å²) in [5.74, 6) is 0. The molecule has 0 spiro atoms. The number of aromatic nitrogens is 3. The van der Waals surface area contributed by atoms with E-state index in [-0.39, 0.29) is 5.56 Å². The van der Waals surface area contributed by atoms with Crippen molar-refractivity contribution in [2.24, 2.45) is 0 Å². The average molecular weight is 345 g/mol. The van der Waals surface area contributed by atoms with Crippen molar-refractivity contribution in [3.05, 3.63) is 65.8 Å². The second-order valence-electron chi connectivity index (χ2n) is 5.21. The second kappa shape index (κ2) is 5.45. The molecule has 0 aliphatic carbocycles. The van der Waals surface area contributed by atoms with Crippen molar-refractivity contribution in [2.75, 3.05) is 0 Å². The number of hydrogen-bond acceptors (Lipinski definition) is 3. The van der Waals surface area contributed by atoms with Gasteiger partial charge in [0.25, 0.3) is 0 Å². The van der Waals surface area contributed by atoms with E-state index >= 15 is 0 Å². The van der Waals surface area contributed by atoms with Gasteiger partial charge in [0, 0.05) is 5.56 Å². The predicted molar refractivity (Wildman–Crippen MR) is 86.7 cm³/mol. The van der Waals surface area contributed by atoms with Crippen molar-refractivity contribution in [2.45, 2.75) is 6.18 Å². The standard InChI is InChI=1S/C17H10F3N3S/c18-17(19,20)14-4-2-1-3-13(14)11-5-7-12(8-6-11)15-9-23-16(22-15)24-10-21-23/h1-10H. The van der Waals surface area contributed by atoms with Gasteiger partial charge in [-0.1, -0.05) is 53.8 Å². The summed E-state index contributed by atoms with van der Waals surface area (Å²) >= 11 is 1.42. The van der Waals surface area contributed by atoms with Gasteiger partial charge in [-0.05, 0) is 17.2 Å². The number of imidazole rings is 1. The largest absolute Gasteiger partial charge is 0.417 e. The zero-order valence-electron chi connectivity index (χ0n) is 12.2. The Kier molecular flexibility index (Phi) is 3.38. The maximum Gasteiger partial charge on any atom is 0.417 e. The Morgan fingerprint density at radius 2 is 1.62 bits per heavy atom. The van der Waals surface area contributed by atoms with Crippen molar-refractivity contribution in [1.29, 1.82) is 0 Å². The van der Waals surface area contributed by atoms with Crippen molar-refractivity contribution in [3.8, 4) is 22.4 Å². The molecule has 0 aliphatic heterocycles. The summed E-state index contributed by atoms with van der Waals surface area (Å²) in [4.78, 5) is 5.22. The molecule has 0 bridgehead atoms. The van der Waals surface area contributed by atoms with E-state index in [9.17, 15) is 13.2 Å². The van der Waals surface area contributed by atoms with Crippen LogP contribution in [0.25, 0.3) is 27.3 Å². The minimum atomic E-state index is -4.38. The van der Waals surface area contributed by atoms with Gasteiger partial charge in [-0.3, -0.25) is 0 Å². The molecule has 0 fully saturated rings. The predicted octanol–water partition coefficient (Wildman–Crippen LogP) is 5.14. The molecule has 4 aromatic rings. The molecule has 0 N–H and O–H groups in total. The Balaban J connectivity index is 1.73. The quantitative estimate of drug-likeness (QED) is 0.503. The highest BCUT2D eigenvalue weighted by atomic mass is 32.1. The zero-order valence-corrected chi connectivity index (χ0v) is 13.0. The van der Waals surface area contributed by atoms with E-state index in [1.807, 2.05) is 0 Å². The molecule has 0 amide bonds. The first-order valence-corrected chi connectivity index (χ1v) is 7.96. The summed E-state index contributed by atoms with van der Waals surface area (Å²) in [6.07, 6.45) is -2.58. The molecule has 0 atom stereocenters. The molecule has 4 rings (SSSR count). The van der Waals surface area contributed by atoms with Crippen LogP contribution in [0.1, 0.15) is 5.56 Å². The van der Waals surface area contributed by atoms with E-state index in [0.717, 1.165) is 22.3 Å².